The minimum absolute atomic E-state index is 0.0337. The quantitative estimate of drug-likeness (QED) is 0.884. The van der Waals surface area contributed by atoms with Crippen LogP contribution in [0.3, 0.4) is 0 Å². The summed E-state index contributed by atoms with van der Waals surface area (Å²) in [7, 11) is 0. The van der Waals surface area contributed by atoms with Crippen molar-refractivity contribution in [3.8, 4) is 0 Å². The number of rotatable bonds is 3. The lowest BCUT2D eigenvalue weighted by atomic mass is 9.82. The molecule has 4 rings (SSSR count). The number of fused-ring (bicyclic) bond motifs is 3. The molecule has 4 heteroatoms. The molecule has 2 N–H and O–H groups in total. The third-order valence-electron chi connectivity index (χ3n) is 6.24. The molecule has 4 nitrogen and oxygen atoms in total. The normalized spacial score (nSPS) is 28.9. The van der Waals surface area contributed by atoms with E-state index in [1.807, 2.05) is 13.0 Å². The van der Waals surface area contributed by atoms with E-state index in [-0.39, 0.29) is 24.6 Å². The number of anilines is 1. The molecule has 0 aromatic heterocycles. The van der Waals surface area contributed by atoms with Crippen LogP contribution in [0.15, 0.2) is 24.3 Å². The fraction of sp³-hybridized carbons (Fsp3) is 0.571. The topological polar surface area (TPSA) is 52.6 Å². The second-order valence-electron chi connectivity index (χ2n) is 7.69. The molecule has 1 saturated carbocycles. The van der Waals surface area contributed by atoms with E-state index in [0.717, 1.165) is 31.5 Å². The molecule has 3 aliphatic rings. The van der Waals surface area contributed by atoms with Crippen molar-refractivity contribution in [2.24, 2.45) is 11.8 Å². The summed E-state index contributed by atoms with van der Waals surface area (Å²) in [6.07, 6.45) is 9.56. The zero-order chi connectivity index (χ0) is 17.4. The van der Waals surface area contributed by atoms with Crippen molar-refractivity contribution < 1.29 is 9.90 Å². The number of carbonyl (C=O) groups excluding carboxylic acids is 1. The first-order valence-corrected chi connectivity index (χ1v) is 9.67. The smallest absolute Gasteiger partial charge is 0.226 e. The van der Waals surface area contributed by atoms with Crippen molar-refractivity contribution in [1.29, 1.82) is 0 Å². The van der Waals surface area contributed by atoms with Crippen molar-refractivity contribution in [2.45, 2.75) is 51.1 Å². The number of nitrogens with zero attached hydrogens (tertiary/aromatic N) is 1. The van der Waals surface area contributed by atoms with Crippen LogP contribution in [0.25, 0.3) is 6.08 Å². The first kappa shape index (κ1) is 16.6. The maximum Gasteiger partial charge on any atom is 0.226 e. The summed E-state index contributed by atoms with van der Waals surface area (Å²) in [5.74, 6) is 0.845. The van der Waals surface area contributed by atoms with Crippen LogP contribution in [-0.2, 0) is 4.79 Å². The lowest BCUT2D eigenvalue weighted by Gasteiger charge is -2.40. The molecule has 0 unspecified atom stereocenters. The Morgan fingerprint density at radius 1 is 1.32 bits per heavy atom. The maximum atomic E-state index is 13.1. The van der Waals surface area contributed by atoms with Crippen LogP contribution >= 0.6 is 0 Å². The standard InChI is InChI=1S/C21H28N2O2/c1-2-5-14-8-9-18-17(12-14)20-16(19(13-24)22-18)10-11-23(20)21(25)15-6-3-4-7-15/h2,5,8-9,12,15-16,19-20,22,24H,3-4,6-7,10-11,13H2,1H3/b5-2+/t16-,19-,20-/m1/s1. The minimum Gasteiger partial charge on any atom is -0.394 e. The molecular formula is C21H28N2O2. The van der Waals surface area contributed by atoms with Gasteiger partial charge in [0.1, 0.15) is 0 Å². The van der Waals surface area contributed by atoms with Crippen molar-refractivity contribution in [2.75, 3.05) is 18.5 Å². The highest BCUT2D eigenvalue weighted by molar-refractivity contribution is 5.81. The van der Waals surface area contributed by atoms with Crippen LogP contribution in [0.5, 0.6) is 0 Å². The van der Waals surface area contributed by atoms with Gasteiger partial charge in [0, 0.05) is 24.1 Å². The summed E-state index contributed by atoms with van der Waals surface area (Å²) < 4.78 is 0. The van der Waals surface area contributed by atoms with Gasteiger partial charge in [0.05, 0.1) is 18.7 Å². The van der Waals surface area contributed by atoms with Crippen LogP contribution in [0.4, 0.5) is 5.69 Å². The zero-order valence-electron chi connectivity index (χ0n) is 14.9. The van der Waals surface area contributed by atoms with Gasteiger partial charge in [0.15, 0.2) is 0 Å². The molecule has 1 aliphatic carbocycles. The number of carbonyl (C=O) groups is 1. The summed E-state index contributed by atoms with van der Waals surface area (Å²) in [4.78, 5) is 15.3. The van der Waals surface area contributed by atoms with Gasteiger partial charge in [-0.1, -0.05) is 31.1 Å². The number of aliphatic hydroxyl groups is 1. The molecule has 25 heavy (non-hydrogen) atoms. The number of aliphatic hydroxyl groups excluding tert-OH is 1. The summed E-state index contributed by atoms with van der Waals surface area (Å²) in [5.41, 5.74) is 3.46. The molecule has 1 aromatic rings. The number of allylic oxidation sites excluding steroid dienone is 1. The van der Waals surface area contributed by atoms with Crippen molar-refractivity contribution in [3.05, 3.63) is 35.4 Å². The van der Waals surface area contributed by atoms with Gasteiger partial charge in [0.25, 0.3) is 0 Å². The molecule has 134 valence electrons. The van der Waals surface area contributed by atoms with Gasteiger partial charge < -0.3 is 15.3 Å². The van der Waals surface area contributed by atoms with E-state index in [0.29, 0.717) is 11.8 Å². The molecule has 0 bridgehead atoms. The lowest BCUT2D eigenvalue weighted by molar-refractivity contribution is -0.136. The molecule has 1 saturated heterocycles. The number of nitrogens with one attached hydrogen (secondary N) is 1. The number of benzene rings is 1. The Labute approximate surface area is 149 Å². The van der Waals surface area contributed by atoms with Crippen molar-refractivity contribution >= 4 is 17.7 Å². The van der Waals surface area contributed by atoms with Gasteiger partial charge in [-0.25, -0.2) is 0 Å². The molecule has 0 spiro atoms. The third-order valence-corrected chi connectivity index (χ3v) is 6.24. The summed E-state index contributed by atoms with van der Waals surface area (Å²) in [6, 6.07) is 6.55. The highest BCUT2D eigenvalue weighted by atomic mass is 16.3. The minimum atomic E-state index is 0.0337. The van der Waals surface area contributed by atoms with Gasteiger partial charge in [-0.15, -0.1) is 0 Å². The monoisotopic (exact) mass is 340 g/mol. The molecule has 2 fully saturated rings. The SMILES string of the molecule is C/C=C/c1ccc2c(c1)[C@H]1[C@H](CCN1C(=O)C1CCCC1)[C@@H](CO)N2. The van der Waals surface area contributed by atoms with E-state index in [4.69, 9.17) is 0 Å². The Balaban J connectivity index is 1.71. The van der Waals surface area contributed by atoms with Gasteiger partial charge in [-0.2, -0.15) is 0 Å². The fourth-order valence-electron chi connectivity index (χ4n) is 5.03. The van der Waals surface area contributed by atoms with Crippen LogP contribution in [0.2, 0.25) is 0 Å². The second kappa shape index (κ2) is 6.83. The van der Waals surface area contributed by atoms with E-state index < -0.39 is 0 Å². The lowest BCUT2D eigenvalue weighted by Crippen LogP contribution is -2.44. The predicted octanol–water partition coefficient (Wildman–Crippen LogP) is 3.59. The Hall–Kier alpha value is -1.81. The number of hydrogen-bond donors (Lipinski definition) is 2. The zero-order valence-corrected chi connectivity index (χ0v) is 14.9. The summed E-state index contributed by atoms with van der Waals surface area (Å²) in [6.45, 7) is 2.95. The maximum absolute atomic E-state index is 13.1. The van der Waals surface area contributed by atoms with Crippen LogP contribution in [0, 0.1) is 11.8 Å². The number of likely N-dealkylation sites (tertiary alicyclic amines) is 1. The number of amides is 1. The molecule has 1 amide bonds. The Morgan fingerprint density at radius 3 is 2.84 bits per heavy atom. The van der Waals surface area contributed by atoms with E-state index in [9.17, 15) is 9.90 Å². The summed E-state index contributed by atoms with van der Waals surface area (Å²) in [5, 5.41) is 13.4. The highest BCUT2D eigenvalue weighted by Gasteiger charge is 2.46. The van der Waals surface area contributed by atoms with Crippen molar-refractivity contribution in [3.63, 3.8) is 0 Å². The van der Waals surface area contributed by atoms with Gasteiger partial charge in [-0.05, 0) is 49.4 Å². The van der Waals surface area contributed by atoms with E-state index >= 15 is 0 Å². The van der Waals surface area contributed by atoms with E-state index in [1.165, 1.54) is 24.0 Å². The van der Waals surface area contributed by atoms with E-state index in [2.05, 4.69) is 34.5 Å². The average Bonchev–Trinajstić information content (AvgIpc) is 3.31. The first-order chi connectivity index (χ1) is 12.2. The molecule has 2 aliphatic heterocycles. The largest absolute Gasteiger partial charge is 0.394 e. The second-order valence-corrected chi connectivity index (χ2v) is 7.69. The van der Waals surface area contributed by atoms with Gasteiger partial charge in [-0.3, -0.25) is 4.79 Å². The van der Waals surface area contributed by atoms with Gasteiger partial charge >= 0.3 is 0 Å². The molecule has 3 atom stereocenters. The average molecular weight is 340 g/mol. The van der Waals surface area contributed by atoms with Crippen molar-refractivity contribution in [1.82, 2.24) is 4.90 Å². The molecule has 0 radical (unpaired) electrons. The molecule has 2 heterocycles. The number of hydrogen-bond acceptors (Lipinski definition) is 3. The third kappa shape index (κ3) is 2.86. The first-order valence-electron chi connectivity index (χ1n) is 9.67. The van der Waals surface area contributed by atoms with E-state index in [1.54, 1.807) is 0 Å². The highest BCUT2D eigenvalue weighted by Crippen LogP contribution is 2.47. The molecule has 1 aromatic carbocycles. The Bertz CT molecular complexity index is 678. The predicted molar refractivity (Wildman–Crippen MR) is 100 cm³/mol. The summed E-state index contributed by atoms with van der Waals surface area (Å²) >= 11 is 0. The van der Waals surface area contributed by atoms with Crippen LogP contribution in [0.1, 0.15) is 56.2 Å². The Kier molecular flexibility index (Phi) is 4.55. The Morgan fingerprint density at radius 2 is 2.12 bits per heavy atom. The van der Waals surface area contributed by atoms with Crippen LogP contribution < -0.4 is 5.32 Å². The fourth-order valence-corrected chi connectivity index (χ4v) is 5.03. The van der Waals surface area contributed by atoms with Crippen LogP contribution in [-0.4, -0.2) is 35.1 Å². The van der Waals surface area contributed by atoms with Gasteiger partial charge in [0.2, 0.25) is 5.91 Å². The molecular weight excluding hydrogens is 312 g/mol.